The molecule has 1 aliphatic heterocycles. The SMILES string of the molecule is CC1CN(C(=O)C(C)(C)C)CC(CBr)O1. The topological polar surface area (TPSA) is 29.5 Å². The number of carbonyl (C=O) groups excluding carboxylic acids is 1. The number of alkyl halides is 1. The molecule has 0 N–H and O–H groups in total. The van der Waals surface area contributed by atoms with Gasteiger partial charge in [0.25, 0.3) is 0 Å². The smallest absolute Gasteiger partial charge is 0.228 e. The molecule has 1 heterocycles. The molecule has 88 valence electrons. The van der Waals surface area contributed by atoms with Gasteiger partial charge in [-0.3, -0.25) is 4.79 Å². The van der Waals surface area contributed by atoms with Crippen molar-refractivity contribution in [3.8, 4) is 0 Å². The van der Waals surface area contributed by atoms with Crippen LogP contribution < -0.4 is 0 Å². The van der Waals surface area contributed by atoms with Crippen molar-refractivity contribution < 1.29 is 9.53 Å². The fourth-order valence-corrected chi connectivity index (χ4v) is 2.13. The van der Waals surface area contributed by atoms with Crippen LogP contribution in [-0.4, -0.2) is 41.4 Å². The molecule has 1 fully saturated rings. The predicted octanol–water partition coefficient (Wildman–Crippen LogP) is 2.04. The lowest BCUT2D eigenvalue weighted by molar-refractivity contribution is -0.150. The van der Waals surface area contributed by atoms with Crippen molar-refractivity contribution in [2.75, 3.05) is 18.4 Å². The molecule has 2 atom stereocenters. The Morgan fingerprint density at radius 1 is 1.47 bits per heavy atom. The molecule has 0 bridgehead atoms. The van der Waals surface area contributed by atoms with Crippen LogP contribution in [-0.2, 0) is 9.53 Å². The van der Waals surface area contributed by atoms with Gasteiger partial charge >= 0.3 is 0 Å². The average Bonchev–Trinajstić information content (AvgIpc) is 2.14. The maximum atomic E-state index is 12.1. The van der Waals surface area contributed by atoms with E-state index < -0.39 is 0 Å². The van der Waals surface area contributed by atoms with Crippen molar-refractivity contribution in [1.82, 2.24) is 4.90 Å². The van der Waals surface area contributed by atoms with E-state index in [4.69, 9.17) is 4.74 Å². The maximum absolute atomic E-state index is 12.1. The fourth-order valence-electron chi connectivity index (χ4n) is 1.77. The van der Waals surface area contributed by atoms with Crippen LogP contribution in [0, 0.1) is 5.41 Å². The van der Waals surface area contributed by atoms with Gasteiger partial charge < -0.3 is 9.64 Å². The summed E-state index contributed by atoms with van der Waals surface area (Å²) in [5.74, 6) is 0.212. The lowest BCUT2D eigenvalue weighted by Crippen LogP contribution is -2.52. The molecule has 1 saturated heterocycles. The standard InChI is InChI=1S/C11H20BrNO2/c1-8-6-13(7-9(5-12)15-8)10(14)11(2,3)4/h8-9H,5-7H2,1-4H3. The van der Waals surface area contributed by atoms with Crippen LogP contribution >= 0.6 is 15.9 Å². The number of rotatable bonds is 1. The Morgan fingerprint density at radius 2 is 2.07 bits per heavy atom. The second kappa shape index (κ2) is 4.83. The zero-order valence-corrected chi connectivity index (χ0v) is 11.5. The van der Waals surface area contributed by atoms with Crippen molar-refractivity contribution in [1.29, 1.82) is 0 Å². The van der Waals surface area contributed by atoms with Crippen LogP contribution in [0.4, 0.5) is 0 Å². The van der Waals surface area contributed by atoms with Gasteiger partial charge in [0, 0.05) is 23.8 Å². The minimum absolute atomic E-state index is 0.125. The van der Waals surface area contributed by atoms with Crippen LogP contribution in [0.1, 0.15) is 27.7 Å². The summed E-state index contributed by atoms with van der Waals surface area (Å²) in [6, 6.07) is 0. The summed E-state index contributed by atoms with van der Waals surface area (Å²) >= 11 is 3.40. The first-order valence-corrected chi connectivity index (χ1v) is 6.47. The Kier molecular flexibility index (Phi) is 4.18. The van der Waals surface area contributed by atoms with Gasteiger partial charge in [-0.15, -0.1) is 0 Å². The Hall–Kier alpha value is -0.0900. The Balaban J connectivity index is 2.66. The number of amides is 1. The minimum Gasteiger partial charge on any atom is -0.371 e. The monoisotopic (exact) mass is 277 g/mol. The van der Waals surface area contributed by atoms with Crippen molar-refractivity contribution in [3.05, 3.63) is 0 Å². The third-order valence-corrected chi connectivity index (χ3v) is 3.15. The van der Waals surface area contributed by atoms with Gasteiger partial charge in [-0.1, -0.05) is 36.7 Å². The largest absolute Gasteiger partial charge is 0.371 e. The molecule has 2 unspecified atom stereocenters. The summed E-state index contributed by atoms with van der Waals surface area (Å²) in [6.07, 6.45) is 0.257. The first-order valence-electron chi connectivity index (χ1n) is 5.35. The van der Waals surface area contributed by atoms with E-state index in [9.17, 15) is 4.79 Å². The summed E-state index contributed by atoms with van der Waals surface area (Å²) in [4.78, 5) is 14.0. The predicted molar refractivity (Wildman–Crippen MR) is 64.2 cm³/mol. The zero-order valence-electron chi connectivity index (χ0n) is 9.92. The Morgan fingerprint density at radius 3 is 2.53 bits per heavy atom. The Labute approximate surface area is 100 Å². The van der Waals surface area contributed by atoms with Crippen LogP contribution in [0.5, 0.6) is 0 Å². The Bertz CT molecular complexity index is 237. The molecule has 0 aromatic rings. The molecule has 0 aromatic carbocycles. The molecular weight excluding hydrogens is 258 g/mol. The van der Waals surface area contributed by atoms with Crippen LogP contribution in [0.3, 0.4) is 0 Å². The van der Waals surface area contributed by atoms with Crippen LogP contribution in [0.15, 0.2) is 0 Å². The second-order valence-corrected chi connectivity index (χ2v) is 5.83. The molecule has 4 heteroatoms. The highest BCUT2D eigenvalue weighted by Gasteiger charge is 2.33. The molecule has 15 heavy (non-hydrogen) atoms. The van der Waals surface area contributed by atoms with E-state index in [1.807, 2.05) is 32.6 Å². The third-order valence-electron chi connectivity index (χ3n) is 2.43. The molecule has 1 aliphatic rings. The molecule has 0 radical (unpaired) electrons. The minimum atomic E-state index is -0.298. The van der Waals surface area contributed by atoms with E-state index in [1.165, 1.54) is 0 Å². The number of ether oxygens (including phenoxy) is 1. The van der Waals surface area contributed by atoms with Gasteiger partial charge in [-0.05, 0) is 6.92 Å². The van der Waals surface area contributed by atoms with Gasteiger partial charge in [-0.2, -0.15) is 0 Å². The third kappa shape index (κ3) is 3.45. The molecule has 0 saturated carbocycles. The molecule has 0 spiro atoms. The molecule has 0 aliphatic carbocycles. The highest BCUT2D eigenvalue weighted by atomic mass is 79.9. The van der Waals surface area contributed by atoms with Gasteiger partial charge in [0.2, 0.25) is 5.91 Å². The average molecular weight is 278 g/mol. The first-order chi connectivity index (χ1) is 6.84. The summed E-state index contributed by atoms with van der Waals surface area (Å²) in [5.41, 5.74) is -0.298. The normalized spacial score (nSPS) is 27.9. The maximum Gasteiger partial charge on any atom is 0.228 e. The lowest BCUT2D eigenvalue weighted by atomic mass is 9.94. The highest BCUT2D eigenvalue weighted by Crippen LogP contribution is 2.21. The first kappa shape index (κ1) is 13.0. The summed E-state index contributed by atoms with van der Waals surface area (Å²) in [7, 11) is 0. The zero-order chi connectivity index (χ0) is 11.6. The lowest BCUT2D eigenvalue weighted by Gasteiger charge is -2.39. The number of hydrogen-bond donors (Lipinski definition) is 0. The summed E-state index contributed by atoms with van der Waals surface area (Å²) < 4.78 is 5.69. The van der Waals surface area contributed by atoms with E-state index in [-0.39, 0.29) is 23.5 Å². The molecule has 0 aromatic heterocycles. The van der Waals surface area contributed by atoms with Crippen molar-refractivity contribution in [2.24, 2.45) is 5.41 Å². The van der Waals surface area contributed by atoms with Gasteiger partial charge in [0.1, 0.15) is 0 Å². The van der Waals surface area contributed by atoms with Crippen molar-refractivity contribution >= 4 is 21.8 Å². The van der Waals surface area contributed by atoms with Gasteiger partial charge in [-0.25, -0.2) is 0 Å². The van der Waals surface area contributed by atoms with E-state index in [2.05, 4.69) is 15.9 Å². The molecular formula is C11H20BrNO2. The van der Waals surface area contributed by atoms with E-state index >= 15 is 0 Å². The van der Waals surface area contributed by atoms with Crippen LogP contribution in [0.2, 0.25) is 0 Å². The highest BCUT2D eigenvalue weighted by molar-refractivity contribution is 9.09. The summed E-state index contributed by atoms with van der Waals surface area (Å²) in [5, 5.41) is 0.783. The quantitative estimate of drug-likeness (QED) is 0.687. The molecule has 3 nitrogen and oxygen atoms in total. The van der Waals surface area contributed by atoms with Crippen molar-refractivity contribution in [2.45, 2.75) is 39.9 Å². The summed E-state index contributed by atoms with van der Waals surface area (Å²) in [6.45, 7) is 9.29. The van der Waals surface area contributed by atoms with Gasteiger partial charge in [0.05, 0.1) is 12.2 Å². The number of nitrogens with zero attached hydrogens (tertiary/aromatic N) is 1. The number of carbonyl (C=O) groups is 1. The van der Waals surface area contributed by atoms with Crippen LogP contribution in [0.25, 0.3) is 0 Å². The van der Waals surface area contributed by atoms with E-state index in [0.717, 1.165) is 5.33 Å². The number of morpholine rings is 1. The van der Waals surface area contributed by atoms with E-state index in [1.54, 1.807) is 0 Å². The van der Waals surface area contributed by atoms with Crippen molar-refractivity contribution in [3.63, 3.8) is 0 Å². The second-order valence-electron chi connectivity index (χ2n) is 5.18. The fraction of sp³-hybridized carbons (Fsp3) is 0.909. The van der Waals surface area contributed by atoms with Gasteiger partial charge in [0.15, 0.2) is 0 Å². The molecule has 1 rings (SSSR count). The molecule has 1 amide bonds. The van der Waals surface area contributed by atoms with E-state index in [0.29, 0.717) is 13.1 Å². The number of halogens is 1. The number of hydrogen-bond acceptors (Lipinski definition) is 2.